The van der Waals surface area contributed by atoms with Crippen LogP contribution in [0.4, 0.5) is 8.78 Å². The molecule has 0 N–H and O–H groups in total. The van der Waals surface area contributed by atoms with Gasteiger partial charge in [0, 0.05) is 37.9 Å². The Morgan fingerprint density at radius 3 is 2.29 bits per heavy atom. The fourth-order valence-corrected chi connectivity index (χ4v) is 1.67. The first-order valence-corrected chi connectivity index (χ1v) is 6.69. The van der Waals surface area contributed by atoms with Crippen LogP contribution in [0.3, 0.4) is 0 Å². The third-order valence-corrected chi connectivity index (χ3v) is 2.58. The van der Waals surface area contributed by atoms with Gasteiger partial charge < -0.3 is 9.72 Å². The molecule has 131 valence electrons. The van der Waals surface area contributed by atoms with E-state index >= 15 is 0 Å². The molecule has 0 spiro atoms. The SMILES string of the molecule is CC(=O)CC(C)=O.COc1ccnc(-c2[c-]cc(F)cc2F)c1.[Ir]. The first-order valence-electron chi connectivity index (χ1n) is 6.69. The Morgan fingerprint density at radius 2 is 1.83 bits per heavy atom. The van der Waals surface area contributed by atoms with E-state index in [4.69, 9.17) is 4.74 Å². The van der Waals surface area contributed by atoms with Gasteiger partial charge in [0.1, 0.15) is 17.3 Å². The van der Waals surface area contributed by atoms with Crippen molar-refractivity contribution in [2.45, 2.75) is 20.3 Å². The number of halogens is 2. The van der Waals surface area contributed by atoms with E-state index in [9.17, 15) is 18.4 Å². The molecule has 0 saturated heterocycles. The van der Waals surface area contributed by atoms with Crippen LogP contribution >= 0.6 is 0 Å². The standard InChI is InChI=1S/C12H8F2NO.C5H8O2.Ir/c1-16-9-4-5-15-12(7-9)10-3-2-8(13)6-11(10)14;1-4(6)3-5(2)7;/h2,4-7H,1H3;3H2,1-2H3;/q-1;;. The Balaban J connectivity index is 0.000000570. The van der Waals surface area contributed by atoms with Gasteiger partial charge in [-0.15, -0.1) is 12.1 Å². The zero-order chi connectivity index (χ0) is 17.4. The van der Waals surface area contributed by atoms with Crippen LogP contribution in [0, 0.1) is 17.7 Å². The van der Waals surface area contributed by atoms with Gasteiger partial charge in [0.05, 0.1) is 13.5 Å². The van der Waals surface area contributed by atoms with Crippen LogP contribution in [0.5, 0.6) is 5.75 Å². The van der Waals surface area contributed by atoms with Crippen LogP contribution in [0.15, 0.2) is 30.5 Å². The number of Topliss-reactive ketones (excluding diaryl/α,β-unsaturated/α-hetero) is 2. The monoisotopic (exact) mass is 513 g/mol. The van der Waals surface area contributed by atoms with Gasteiger partial charge in [-0.05, 0) is 31.7 Å². The van der Waals surface area contributed by atoms with Gasteiger partial charge in [0.25, 0.3) is 0 Å². The van der Waals surface area contributed by atoms with Crippen molar-refractivity contribution in [3.8, 4) is 17.0 Å². The van der Waals surface area contributed by atoms with E-state index in [1.807, 2.05) is 0 Å². The summed E-state index contributed by atoms with van der Waals surface area (Å²) in [4.78, 5) is 24.0. The molecule has 0 saturated carbocycles. The van der Waals surface area contributed by atoms with Crippen LogP contribution in [-0.4, -0.2) is 23.7 Å². The Labute approximate surface area is 152 Å². The van der Waals surface area contributed by atoms with Gasteiger partial charge in [-0.1, -0.05) is 11.6 Å². The van der Waals surface area contributed by atoms with Crippen molar-refractivity contribution in [2.24, 2.45) is 0 Å². The van der Waals surface area contributed by atoms with Crippen molar-refractivity contribution in [2.75, 3.05) is 7.11 Å². The van der Waals surface area contributed by atoms with E-state index in [0.29, 0.717) is 11.4 Å². The van der Waals surface area contributed by atoms with Crippen molar-refractivity contribution in [1.29, 1.82) is 0 Å². The zero-order valence-corrected chi connectivity index (χ0v) is 15.8. The molecule has 0 fully saturated rings. The van der Waals surface area contributed by atoms with Crippen molar-refractivity contribution >= 4 is 11.6 Å². The Kier molecular flexibility index (Phi) is 9.84. The van der Waals surface area contributed by atoms with Crippen LogP contribution < -0.4 is 4.74 Å². The summed E-state index contributed by atoms with van der Waals surface area (Å²) >= 11 is 0. The van der Waals surface area contributed by atoms with Gasteiger partial charge in [0.2, 0.25) is 0 Å². The van der Waals surface area contributed by atoms with E-state index in [1.54, 1.807) is 12.1 Å². The predicted molar refractivity (Wildman–Crippen MR) is 81.0 cm³/mol. The number of carbonyl (C=O) groups is 2. The summed E-state index contributed by atoms with van der Waals surface area (Å²) in [7, 11) is 1.50. The molecule has 2 aromatic rings. The summed E-state index contributed by atoms with van der Waals surface area (Å²) in [5.41, 5.74) is 0.483. The molecule has 0 unspecified atom stereocenters. The largest absolute Gasteiger partial charge is 0.497 e. The average molecular weight is 513 g/mol. The summed E-state index contributed by atoms with van der Waals surface area (Å²) in [5.74, 6) is -0.924. The van der Waals surface area contributed by atoms with E-state index in [-0.39, 0.29) is 43.7 Å². The molecular formula is C17H16F2IrNO3-. The molecule has 0 aliphatic heterocycles. The van der Waals surface area contributed by atoms with Crippen LogP contribution in [0.25, 0.3) is 11.3 Å². The van der Waals surface area contributed by atoms with E-state index in [2.05, 4.69) is 11.1 Å². The summed E-state index contributed by atoms with van der Waals surface area (Å²) in [6, 6.07) is 7.58. The van der Waals surface area contributed by atoms with Gasteiger partial charge in [-0.2, -0.15) is 0 Å². The fourth-order valence-electron chi connectivity index (χ4n) is 1.67. The molecule has 0 bridgehead atoms. The number of hydrogen-bond acceptors (Lipinski definition) is 4. The van der Waals surface area contributed by atoms with Crippen molar-refractivity contribution in [3.05, 3.63) is 48.2 Å². The molecule has 7 heteroatoms. The molecule has 1 aromatic carbocycles. The Hall–Kier alpha value is -1.98. The number of ether oxygens (including phenoxy) is 1. The first-order chi connectivity index (χ1) is 10.8. The Morgan fingerprint density at radius 1 is 1.21 bits per heavy atom. The fraction of sp³-hybridized carbons (Fsp3) is 0.235. The van der Waals surface area contributed by atoms with Gasteiger partial charge in [-0.25, -0.2) is 0 Å². The predicted octanol–water partition coefficient (Wildman–Crippen LogP) is 3.39. The number of rotatable bonds is 4. The minimum Gasteiger partial charge on any atom is -0.497 e. The number of hydrogen-bond donors (Lipinski definition) is 0. The van der Waals surface area contributed by atoms with Crippen molar-refractivity contribution < 1.29 is 43.2 Å². The molecule has 24 heavy (non-hydrogen) atoms. The van der Waals surface area contributed by atoms with E-state index in [0.717, 1.165) is 12.1 Å². The number of ketones is 2. The summed E-state index contributed by atoms with van der Waals surface area (Å²) in [5, 5.41) is 0. The van der Waals surface area contributed by atoms with E-state index < -0.39 is 11.6 Å². The third kappa shape index (κ3) is 7.53. The minimum absolute atomic E-state index is 0. The molecule has 1 radical (unpaired) electrons. The maximum absolute atomic E-state index is 13.4. The summed E-state index contributed by atoms with van der Waals surface area (Å²) in [6.07, 6.45) is 1.57. The molecule has 1 heterocycles. The van der Waals surface area contributed by atoms with Crippen LogP contribution in [0.2, 0.25) is 0 Å². The molecule has 4 nitrogen and oxygen atoms in total. The second-order valence-corrected chi connectivity index (χ2v) is 4.70. The summed E-state index contributed by atoms with van der Waals surface area (Å²) < 4.78 is 31.1. The number of nitrogens with zero attached hydrogens (tertiary/aromatic N) is 1. The zero-order valence-electron chi connectivity index (χ0n) is 13.4. The second kappa shape index (κ2) is 10.7. The van der Waals surface area contributed by atoms with E-state index in [1.165, 1.54) is 27.2 Å². The number of carbonyl (C=O) groups excluding carboxylic acids is 2. The van der Waals surface area contributed by atoms with Crippen LogP contribution in [-0.2, 0) is 29.7 Å². The number of benzene rings is 1. The quantitative estimate of drug-likeness (QED) is 0.466. The number of pyridine rings is 1. The number of methoxy groups -OCH3 is 1. The smallest absolute Gasteiger partial charge is 0.137 e. The van der Waals surface area contributed by atoms with Gasteiger partial charge in [-0.3, -0.25) is 18.4 Å². The second-order valence-electron chi connectivity index (χ2n) is 4.70. The molecule has 2 rings (SSSR count). The molecule has 1 aromatic heterocycles. The Bertz CT molecular complexity index is 696. The van der Waals surface area contributed by atoms with Crippen molar-refractivity contribution in [3.63, 3.8) is 0 Å². The van der Waals surface area contributed by atoms with Crippen LogP contribution in [0.1, 0.15) is 20.3 Å². The minimum atomic E-state index is -0.694. The van der Waals surface area contributed by atoms with Crippen molar-refractivity contribution in [1.82, 2.24) is 4.98 Å². The normalized spacial score (nSPS) is 9.21. The topological polar surface area (TPSA) is 56.3 Å². The maximum Gasteiger partial charge on any atom is 0.137 e. The molecule has 0 atom stereocenters. The summed E-state index contributed by atoms with van der Waals surface area (Å²) in [6.45, 7) is 2.81. The average Bonchev–Trinajstić information content (AvgIpc) is 2.46. The third-order valence-electron chi connectivity index (χ3n) is 2.58. The molecule has 0 amide bonds. The maximum atomic E-state index is 13.4. The number of aromatic nitrogens is 1. The molecular weight excluding hydrogens is 496 g/mol. The molecule has 0 aliphatic carbocycles. The first kappa shape index (κ1) is 22.0. The van der Waals surface area contributed by atoms with Gasteiger partial charge >= 0.3 is 0 Å². The van der Waals surface area contributed by atoms with Gasteiger partial charge in [0.15, 0.2) is 0 Å². The molecule has 0 aliphatic rings.